The monoisotopic (exact) mass is 248 g/mol. The van der Waals surface area contributed by atoms with Crippen LogP contribution >= 0.6 is 0 Å². The van der Waals surface area contributed by atoms with Gasteiger partial charge in [0.15, 0.2) is 6.29 Å². The molecule has 1 fully saturated rings. The van der Waals surface area contributed by atoms with Gasteiger partial charge in [-0.25, -0.2) is 0 Å². The summed E-state index contributed by atoms with van der Waals surface area (Å²) in [6.07, 6.45) is -2.90. The predicted octanol–water partition coefficient (Wildman–Crippen LogP) is -0.189. The summed E-state index contributed by atoms with van der Waals surface area (Å²) in [7, 11) is 1.31. The van der Waals surface area contributed by atoms with Gasteiger partial charge in [0.2, 0.25) is 0 Å². The first-order valence-electron chi connectivity index (χ1n) is 5.68. The van der Waals surface area contributed by atoms with Crippen molar-refractivity contribution < 1.29 is 29.2 Å². The number of carbonyl (C=O) groups excluding carboxylic acids is 1. The lowest BCUT2D eigenvalue weighted by molar-refractivity contribution is -0.273. The van der Waals surface area contributed by atoms with E-state index in [1.807, 2.05) is 0 Å². The summed E-state index contributed by atoms with van der Waals surface area (Å²) in [6, 6.07) is 0. The molecule has 2 N–H and O–H groups in total. The number of hydrogen-bond donors (Lipinski definition) is 2. The number of rotatable bonds is 4. The topological polar surface area (TPSA) is 85.2 Å². The van der Waals surface area contributed by atoms with Gasteiger partial charge in [0.25, 0.3) is 0 Å². The summed E-state index contributed by atoms with van der Waals surface area (Å²) in [6.45, 7) is 3.40. The average Bonchev–Trinajstić information content (AvgIpc) is 2.25. The molecule has 1 rings (SSSR count). The van der Waals surface area contributed by atoms with Gasteiger partial charge in [-0.15, -0.1) is 0 Å². The molecule has 1 heterocycles. The molecule has 0 aromatic rings. The fourth-order valence-electron chi connectivity index (χ4n) is 1.66. The van der Waals surface area contributed by atoms with Crippen molar-refractivity contribution >= 4 is 5.97 Å². The highest BCUT2D eigenvalue weighted by atomic mass is 16.7. The highest BCUT2D eigenvalue weighted by Gasteiger charge is 2.35. The minimum Gasteiger partial charge on any atom is -0.469 e. The normalized spacial score (nSPS) is 35.4. The van der Waals surface area contributed by atoms with Crippen LogP contribution < -0.4 is 0 Å². The van der Waals surface area contributed by atoms with Crippen molar-refractivity contribution in [3.05, 3.63) is 0 Å². The molecule has 6 heteroatoms. The molecule has 0 bridgehead atoms. The van der Waals surface area contributed by atoms with Crippen molar-refractivity contribution in [2.75, 3.05) is 7.11 Å². The summed E-state index contributed by atoms with van der Waals surface area (Å²) in [4.78, 5) is 11.0. The lowest BCUT2D eigenvalue weighted by Gasteiger charge is -2.36. The number of ether oxygens (including phenoxy) is 3. The Bertz CT molecular complexity index is 256. The van der Waals surface area contributed by atoms with E-state index in [1.165, 1.54) is 7.11 Å². The van der Waals surface area contributed by atoms with Gasteiger partial charge in [0.1, 0.15) is 6.10 Å². The molecule has 0 aromatic carbocycles. The number of methoxy groups -OCH3 is 1. The molecule has 0 aliphatic carbocycles. The first-order valence-corrected chi connectivity index (χ1v) is 5.68. The van der Waals surface area contributed by atoms with Gasteiger partial charge >= 0.3 is 5.97 Å². The number of hydrogen-bond acceptors (Lipinski definition) is 6. The second-order valence-electron chi connectivity index (χ2n) is 4.31. The van der Waals surface area contributed by atoms with E-state index < -0.39 is 30.7 Å². The van der Waals surface area contributed by atoms with Crippen LogP contribution in [-0.2, 0) is 19.0 Å². The number of carbonyl (C=O) groups is 1. The van der Waals surface area contributed by atoms with E-state index in [-0.39, 0.29) is 18.8 Å². The number of aliphatic hydroxyl groups excluding tert-OH is 2. The number of aliphatic hydroxyl groups is 2. The first-order chi connectivity index (χ1) is 7.93. The van der Waals surface area contributed by atoms with Crippen molar-refractivity contribution in [3.8, 4) is 0 Å². The van der Waals surface area contributed by atoms with Crippen LogP contribution in [0.15, 0.2) is 0 Å². The molecule has 5 atom stereocenters. The number of esters is 1. The molecule has 0 saturated carbocycles. The fraction of sp³-hybridized carbons (Fsp3) is 0.909. The quantitative estimate of drug-likeness (QED) is 0.671. The van der Waals surface area contributed by atoms with Crippen LogP contribution in [-0.4, -0.2) is 54.0 Å². The maximum absolute atomic E-state index is 11.0. The molecule has 100 valence electrons. The minimum atomic E-state index is -0.888. The molecule has 0 spiro atoms. The third-order valence-corrected chi connectivity index (χ3v) is 2.74. The second-order valence-corrected chi connectivity index (χ2v) is 4.31. The molecule has 6 nitrogen and oxygen atoms in total. The SMILES string of the molecule is COC(=O)C[C@@H](C)O[C@@H]1OC(C)[C@H](O)CC1O. The Hall–Kier alpha value is -0.690. The van der Waals surface area contributed by atoms with Crippen LogP contribution in [0.25, 0.3) is 0 Å². The maximum atomic E-state index is 11.0. The summed E-state index contributed by atoms with van der Waals surface area (Å²) >= 11 is 0. The van der Waals surface area contributed by atoms with Crippen molar-refractivity contribution in [1.82, 2.24) is 0 Å². The van der Waals surface area contributed by atoms with Gasteiger partial charge in [-0.3, -0.25) is 4.79 Å². The lowest BCUT2D eigenvalue weighted by atomic mass is 10.0. The third kappa shape index (κ3) is 4.23. The van der Waals surface area contributed by atoms with Gasteiger partial charge in [0.05, 0.1) is 31.8 Å². The molecule has 0 aromatic heterocycles. The molecule has 1 aliphatic rings. The standard InChI is InChI=1S/C11H20O6/c1-6(4-10(14)15-3)16-11-9(13)5-8(12)7(2)17-11/h6-9,11-13H,4-5H2,1-3H3/t6-,7?,8-,9?,11-/m1/s1. The van der Waals surface area contributed by atoms with Crippen LogP contribution in [0, 0.1) is 0 Å². The van der Waals surface area contributed by atoms with E-state index in [4.69, 9.17) is 9.47 Å². The molecule has 0 amide bonds. The van der Waals surface area contributed by atoms with Gasteiger partial charge in [-0.1, -0.05) is 0 Å². The zero-order chi connectivity index (χ0) is 13.0. The van der Waals surface area contributed by atoms with Crippen molar-refractivity contribution in [3.63, 3.8) is 0 Å². The van der Waals surface area contributed by atoms with E-state index in [1.54, 1.807) is 13.8 Å². The Kier molecular flexibility index (Phi) is 5.32. The molecule has 0 radical (unpaired) electrons. The third-order valence-electron chi connectivity index (χ3n) is 2.74. The van der Waals surface area contributed by atoms with Crippen LogP contribution in [0.3, 0.4) is 0 Å². The van der Waals surface area contributed by atoms with Crippen molar-refractivity contribution in [2.45, 2.75) is 57.4 Å². The van der Waals surface area contributed by atoms with Crippen LogP contribution in [0.5, 0.6) is 0 Å². The first kappa shape index (κ1) is 14.4. The summed E-state index contributed by atoms with van der Waals surface area (Å²) < 4.78 is 15.2. The summed E-state index contributed by atoms with van der Waals surface area (Å²) in [5.74, 6) is -0.379. The van der Waals surface area contributed by atoms with Gasteiger partial charge < -0.3 is 24.4 Å². The second kappa shape index (κ2) is 6.30. The Balaban J connectivity index is 2.42. The highest BCUT2D eigenvalue weighted by Crippen LogP contribution is 2.22. The zero-order valence-electron chi connectivity index (χ0n) is 10.3. The van der Waals surface area contributed by atoms with Gasteiger partial charge in [-0.05, 0) is 13.8 Å². The van der Waals surface area contributed by atoms with E-state index in [9.17, 15) is 15.0 Å². The van der Waals surface area contributed by atoms with E-state index in [2.05, 4.69) is 4.74 Å². The predicted molar refractivity (Wildman–Crippen MR) is 58.1 cm³/mol. The Morgan fingerprint density at radius 1 is 1.47 bits per heavy atom. The zero-order valence-corrected chi connectivity index (χ0v) is 10.3. The Labute approximate surface area is 100 Å². The highest BCUT2D eigenvalue weighted by molar-refractivity contribution is 5.69. The Morgan fingerprint density at radius 2 is 2.12 bits per heavy atom. The molecule has 17 heavy (non-hydrogen) atoms. The van der Waals surface area contributed by atoms with E-state index in [0.29, 0.717) is 0 Å². The largest absolute Gasteiger partial charge is 0.469 e. The lowest BCUT2D eigenvalue weighted by Crippen LogP contribution is -2.48. The Morgan fingerprint density at radius 3 is 2.71 bits per heavy atom. The van der Waals surface area contributed by atoms with Crippen molar-refractivity contribution in [2.24, 2.45) is 0 Å². The minimum absolute atomic E-state index is 0.0972. The molecule has 1 aliphatic heterocycles. The molecule has 1 saturated heterocycles. The van der Waals surface area contributed by atoms with Crippen LogP contribution in [0.2, 0.25) is 0 Å². The van der Waals surface area contributed by atoms with Crippen molar-refractivity contribution in [1.29, 1.82) is 0 Å². The van der Waals surface area contributed by atoms with Crippen LogP contribution in [0.4, 0.5) is 0 Å². The van der Waals surface area contributed by atoms with E-state index in [0.717, 1.165) is 0 Å². The smallest absolute Gasteiger partial charge is 0.308 e. The molecular weight excluding hydrogens is 228 g/mol. The summed E-state index contributed by atoms with van der Waals surface area (Å²) in [5, 5.41) is 19.1. The molecule has 2 unspecified atom stereocenters. The van der Waals surface area contributed by atoms with Gasteiger partial charge in [-0.2, -0.15) is 0 Å². The maximum Gasteiger partial charge on any atom is 0.308 e. The van der Waals surface area contributed by atoms with E-state index >= 15 is 0 Å². The molecular formula is C11H20O6. The average molecular weight is 248 g/mol. The van der Waals surface area contributed by atoms with Crippen LogP contribution in [0.1, 0.15) is 26.7 Å². The summed E-state index contributed by atoms with van der Waals surface area (Å²) in [5.41, 5.74) is 0. The fourth-order valence-corrected chi connectivity index (χ4v) is 1.66. The van der Waals surface area contributed by atoms with Gasteiger partial charge in [0, 0.05) is 6.42 Å².